The molecule has 5 nitrogen and oxygen atoms in total. The minimum atomic E-state index is 0.503. The Morgan fingerprint density at radius 3 is 2.37 bits per heavy atom. The summed E-state index contributed by atoms with van der Waals surface area (Å²) in [6.45, 7) is 8.32. The molecule has 0 radical (unpaired) electrons. The Morgan fingerprint density at radius 2 is 1.67 bits per heavy atom. The van der Waals surface area contributed by atoms with Gasteiger partial charge < -0.3 is 10.2 Å². The van der Waals surface area contributed by atoms with Gasteiger partial charge in [0.15, 0.2) is 0 Å². The zero-order valence-corrected chi connectivity index (χ0v) is 16.3. The molecule has 0 amide bonds. The van der Waals surface area contributed by atoms with E-state index in [0.717, 1.165) is 70.9 Å². The smallest absolute Gasteiger partial charge is 0.147 e. The Labute approximate surface area is 163 Å². The van der Waals surface area contributed by atoms with Crippen molar-refractivity contribution in [3.05, 3.63) is 41.6 Å². The third-order valence-electron chi connectivity index (χ3n) is 6.52. The van der Waals surface area contributed by atoms with E-state index in [1.54, 1.807) is 0 Å². The summed E-state index contributed by atoms with van der Waals surface area (Å²) in [6.07, 6.45) is 4.69. The Morgan fingerprint density at radius 1 is 0.926 bits per heavy atom. The number of piperidine rings is 2. The van der Waals surface area contributed by atoms with Crippen LogP contribution in [0.3, 0.4) is 0 Å². The summed E-state index contributed by atoms with van der Waals surface area (Å²) < 4.78 is 0. The number of piperazine rings is 1. The fraction of sp³-hybridized carbons (Fsp3) is 0.636. The third kappa shape index (κ3) is 4.61. The van der Waals surface area contributed by atoms with Crippen LogP contribution in [0.2, 0.25) is 0 Å². The largest absolute Gasteiger partial charge is 0.361 e. The molecule has 3 aliphatic rings. The summed E-state index contributed by atoms with van der Waals surface area (Å²) in [7, 11) is 0. The highest BCUT2D eigenvalue weighted by Crippen LogP contribution is 2.25. The van der Waals surface area contributed by atoms with Crippen LogP contribution in [-0.2, 0) is 11.3 Å². The van der Waals surface area contributed by atoms with Gasteiger partial charge in [-0.05, 0) is 44.3 Å². The van der Waals surface area contributed by atoms with Crippen molar-refractivity contribution in [3.63, 3.8) is 0 Å². The monoisotopic (exact) mass is 368 g/mol. The first-order valence-corrected chi connectivity index (χ1v) is 10.5. The van der Waals surface area contributed by atoms with Crippen LogP contribution in [0.4, 0.5) is 0 Å². The van der Waals surface area contributed by atoms with Crippen molar-refractivity contribution in [2.24, 2.45) is 0 Å². The molecule has 3 saturated heterocycles. The van der Waals surface area contributed by atoms with Crippen LogP contribution in [0.15, 0.2) is 36.0 Å². The van der Waals surface area contributed by atoms with Gasteiger partial charge in [-0.1, -0.05) is 30.3 Å². The van der Waals surface area contributed by atoms with E-state index in [2.05, 4.69) is 56.3 Å². The predicted molar refractivity (Wildman–Crippen MR) is 108 cm³/mol. The molecule has 146 valence electrons. The molecule has 4 rings (SSSR count). The molecule has 1 aromatic rings. The first-order chi connectivity index (χ1) is 13.3. The molecule has 0 saturated carbocycles. The lowest BCUT2D eigenvalue weighted by atomic mass is 9.99. The first-order valence-electron chi connectivity index (χ1n) is 10.5. The first kappa shape index (κ1) is 18.7. The molecule has 0 unspecified atom stereocenters. The lowest BCUT2D eigenvalue weighted by Crippen LogP contribution is -2.55. The highest BCUT2D eigenvalue weighted by Gasteiger charge is 2.33. The van der Waals surface area contributed by atoms with Gasteiger partial charge >= 0.3 is 0 Å². The van der Waals surface area contributed by atoms with Crippen LogP contribution in [0.25, 0.3) is 0 Å². The minimum Gasteiger partial charge on any atom is -0.361 e. The van der Waals surface area contributed by atoms with Crippen LogP contribution < -0.4 is 5.32 Å². The van der Waals surface area contributed by atoms with Gasteiger partial charge in [-0.3, -0.25) is 9.80 Å². The lowest BCUT2D eigenvalue weighted by molar-refractivity contribution is 0.0672. The number of likely N-dealkylation sites (tertiary alicyclic amines) is 1. The molecule has 3 fully saturated rings. The molecule has 0 aromatic heterocycles. The number of rotatable bonds is 4. The average molecular weight is 369 g/mol. The molecule has 0 atom stereocenters. The Kier molecular flexibility index (Phi) is 6.25. The Hall–Kier alpha value is -1.65. The number of hydrogen-bond donors (Lipinski definition) is 1. The van der Waals surface area contributed by atoms with Gasteiger partial charge in [0.05, 0.1) is 0 Å². The Balaban J connectivity index is 1.30. The summed E-state index contributed by atoms with van der Waals surface area (Å²) in [4.78, 5) is 19.1. The molecule has 5 heteroatoms. The van der Waals surface area contributed by atoms with E-state index in [1.165, 1.54) is 18.4 Å². The van der Waals surface area contributed by atoms with E-state index < -0.39 is 0 Å². The summed E-state index contributed by atoms with van der Waals surface area (Å²) in [5, 5.41) is 3.44. The summed E-state index contributed by atoms with van der Waals surface area (Å²) in [5.74, 6) is 2.29. The number of nitrogens with one attached hydrogen (secondary N) is 1. The van der Waals surface area contributed by atoms with Gasteiger partial charge in [0.25, 0.3) is 0 Å². The van der Waals surface area contributed by atoms with Crippen LogP contribution in [0.5, 0.6) is 0 Å². The zero-order valence-electron chi connectivity index (χ0n) is 16.3. The van der Waals surface area contributed by atoms with Crippen molar-refractivity contribution >= 4 is 5.94 Å². The van der Waals surface area contributed by atoms with E-state index in [9.17, 15) is 4.79 Å². The molecule has 27 heavy (non-hydrogen) atoms. The second kappa shape index (κ2) is 9.03. The number of hydrogen-bond acceptors (Lipinski definition) is 5. The molecule has 0 bridgehead atoms. The van der Waals surface area contributed by atoms with Crippen molar-refractivity contribution in [2.75, 3.05) is 45.8 Å². The SMILES string of the molecule is O=C=C1CN(C2CCNCC2)CCN1C1CCN(Cc2ccccc2)CC1. The van der Waals surface area contributed by atoms with Crippen LogP contribution >= 0.6 is 0 Å². The molecule has 3 heterocycles. The Bertz CT molecular complexity index is 644. The number of nitrogens with zero attached hydrogens (tertiary/aromatic N) is 3. The molecule has 1 aromatic carbocycles. The second-order valence-electron chi connectivity index (χ2n) is 8.19. The van der Waals surface area contributed by atoms with Crippen LogP contribution in [0, 0.1) is 0 Å². The van der Waals surface area contributed by atoms with E-state index in [1.807, 2.05) is 0 Å². The second-order valence-corrected chi connectivity index (χ2v) is 8.19. The zero-order chi connectivity index (χ0) is 18.5. The maximum atomic E-state index is 11.7. The van der Waals surface area contributed by atoms with Crippen molar-refractivity contribution < 1.29 is 4.79 Å². The highest BCUT2D eigenvalue weighted by atomic mass is 16.1. The standard InChI is InChI=1S/C22H32N4O/c27-18-22-17-25(20-6-10-23-11-7-20)14-15-26(22)21-8-12-24(13-9-21)16-19-4-2-1-3-5-19/h1-5,20-21,23H,6-17H2. The van der Waals surface area contributed by atoms with Crippen molar-refractivity contribution in [3.8, 4) is 0 Å². The number of carbonyl (C=O) groups excluding carboxylic acids is 1. The molecular formula is C22H32N4O. The third-order valence-corrected chi connectivity index (χ3v) is 6.52. The topological polar surface area (TPSA) is 38.8 Å². The minimum absolute atomic E-state index is 0.503. The highest BCUT2D eigenvalue weighted by molar-refractivity contribution is 5.53. The summed E-state index contributed by atoms with van der Waals surface area (Å²) >= 11 is 0. The van der Waals surface area contributed by atoms with E-state index in [-0.39, 0.29) is 0 Å². The maximum absolute atomic E-state index is 11.7. The molecule has 0 spiro atoms. The van der Waals surface area contributed by atoms with Crippen molar-refractivity contribution in [2.45, 2.75) is 44.3 Å². The van der Waals surface area contributed by atoms with Crippen LogP contribution in [0.1, 0.15) is 31.2 Å². The van der Waals surface area contributed by atoms with Crippen molar-refractivity contribution in [1.29, 1.82) is 0 Å². The van der Waals surface area contributed by atoms with Gasteiger partial charge in [0.1, 0.15) is 11.6 Å². The van der Waals surface area contributed by atoms with E-state index >= 15 is 0 Å². The van der Waals surface area contributed by atoms with Gasteiger partial charge in [-0.25, -0.2) is 4.79 Å². The summed E-state index contributed by atoms with van der Waals surface area (Å²) in [5.41, 5.74) is 2.28. The quantitative estimate of drug-likeness (QED) is 0.820. The molecule has 3 aliphatic heterocycles. The van der Waals surface area contributed by atoms with Gasteiger partial charge in [0.2, 0.25) is 0 Å². The summed E-state index contributed by atoms with van der Waals surface area (Å²) in [6, 6.07) is 11.9. The van der Waals surface area contributed by atoms with E-state index in [0.29, 0.717) is 12.1 Å². The van der Waals surface area contributed by atoms with E-state index in [4.69, 9.17) is 0 Å². The fourth-order valence-electron chi connectivity index (χ4n) is 4.94. The average Bonchev–Trinajstić information content (AvgIpc) is 2.75. The predicted octanol–water partition coefficient (Wildman–Crippen LogP) is 1.74. The molecule has 0 aliphatic carbocycles. The normalized spacial score (nSPS) is 24.1. The molecular weight excluding hydrogens is 336 g/mol. The molecule has 1 N–H and O–H groups in total. The van der Waals surface area contributed by atoms with Gasteiger partial charge in [0, 0.05) is 51.4 Å². The lowest BCUT2D eigenvalue weighted by Gasteiger charge is -2.46. The van der Waals surface area contributed by atoms with Gasteiger partial charge in [-0.15, -0.1) is 0 Å². The number of benzene rings is 1. The van der Waals surface area contributed by atoms with Gasteiger partial charge in [-0.2, -0.15) is 0 Å². The fourth-order valence-corrected chi connectivity index (χ4v) is 4.94. The maximum Gasteiger partial charge on any atom is 0.147 e. The van der Waals surface area contributed by atoms with Crippen LogP contribution in [-0.4, -0.2) is 78.5 Å². The van der Waals surface area contributed by atoms with Crippen molar-refractivity contribution in [1.82, 2.24) is 20.0 Å².